The first kappa shape index (κ1) is 14.8. The molecule has 4 nitrogen and oxygen atoms in total. The Hall–Kier alpha value is -1.29. The average Bonchev–Trinajstić information content (AvgIpc) is 2.78. The summed E-state index contributed by atoms with van der Waals surface area (Å²) in [6.07, 6.45) is 1.67. The summed E-state index contributed by atoms with van der Waals surface area (Å²) >= 11 is 0. The van der Waals surface area contributed by atoms with Crippen molar-refractivity contribution in [1.29, 1.82) is 0 Å². The van der Waals surface area contributed by atoms with Crippen molar-refractivity contribution in [1.82, 2.24) is 4.90 Å². The van der Waals surface area contributed by atoms with Crippen molar-refractivity contribution in [2.75, 3.05) is 27.2 Å². The summed E-state index contributed by atoms with van der Waals surface area (Å²) in [5.41, 5.74) is 0. The van der Waals surface area contributed by atoms with Crippen molar-refractivity contribution in [3.8, 4) is 0 Å². The van der Waals surface area contributed by atoms with Gasteiger partial charge in [-0.3, -0.25) is 4.79 Å². The number of furan rings is 1. The van der Waals surface area contributed by atoms with E-state index in [0.29, 0.717) is 0 Å². The van der Waals surface area contributed by atoms with Gasteiger partial charge in [0.25, 0.3) is 0 Å². The fraction of sp³-hybridized carbons (Fsp3) is 0.643. The van der Waals surface area contributed by atoms with E-state index < -0.39 is 0 Å². The third-order valence-electron chi connectivity index (χ3n) is 3.10. The average molecular weight is 253 g/mol. The molecule has 4 heteroatoms. The summed E-state index contributed by atoms with van der Waals surface area (Å²) in [7, 11) is 3.46. The minimum atomic E-state index is -0.127. The predicted molar refractivity (Wildman–Crippen MR) is 70.4 cm³/mol. The van der Waals surface area contributed by atoms with E-state index >= 15 is 0 Å². The molecule has 0 aromatic carbocycles. The van der Waals surface area contributed by atoms with Crippen LogP contribution in [0.3, 0.4) is 0 Å². The number of methoxy groups -OCH3 is 1. The number of carbonyl (C=O) groups excluding carboxylic acids is 1. The molecule has 0 bridgehead atoms. The summed E-state index contributed by atoms with van der Waals surface area (Å²) in [5, 5.41) is 0. The van der Waals surface area contributed by atoms with Crippen LogP contribution in [0.15, 0.2) is 16.5 Å². The zero-order chi connectivity index (χ0) is 13.5. The highest BCUT2D eigenvalue weighted by Crippen LogP contribution is 2.10. The molecule has 0 fully saturated rings. The normalized spacial score (nSPS) is 12.7. The molecule has 1 aromatic heterocycles. The molecule has 0 aliphatic heterocycles. The molecule has 1 unspecified atom stereocenters. The molecule has 0 saturated carbocycles. The van der Waals surface area contributed by atoms with Crippen molar-refractivity contribution in [3.63, 3.8) is 0 Å². The predicted octanol–water partition coefficient (Wildman–Crippen LogP) is 2.26. The molecule has 1 rings (SSSR count). The Morgan fingerprint density at radius 1 is 1.50 bits per heavy atom. The van der Waals surface area contributed by atoms with Crippen molar-refractivity contribution in [2.45, 2.75) is 26.7 Å². The minimum absolute atomic E-state index is 0.0432. The Labute approximate surface area is 109 Å². The maximum absolute atomic E-state index is 11.5. The number of nitrogens with zero attached hydrogens (tertiary/aromatic N) is 1. The molecule has 0 amide bonds. The van der Waals surface area contributed by atoms with Gasteiger partial charge in [0.2, 0.25) is 0 Å². The Morgan fingerprint density at radius 3 is 2.72 bits per heavy atom. The van der Waals surface area contributed by atoms with Crippen LogP contribution in [0.1, 0.15) is 24.9 Å². The number of carbonyl (C=O) groups is 1. The molecule has 0 aliphatic carbocycles. The molecule has 0 radical (unpaired) electrons. The molecule has 0 spiro atoms. The second kappa shape index (κ2) is 7.21. The van der Waals surface area contributed by atoms with Gasteiger partial charge in [0.05, 0.1) is 13.0 Å². The molecule has 0 aliphatic rings. The topological polar surface area (TPSA) is 42.7 Å². The molecule has 18 heavy (non-hydrogen) atoms. The number of aryl methyl sites for hydroxylation is 1. The lowest BCUT2D eigenvalue weighted by atomic mass is 10.1. The monoisotopic (exact) mass is 253 g/mol. The second-order valence-electron chi connectivity index (χ2n) is 4.65. The van der Waals surface area contributed by atoms with E-state index in [2.05, 4.69) is 4.90 Å². The first-order chi connectivity index (χ1) is 8.56. The van der Waals surface area contributed by atoms with Gasteiger partial charge in [-0.05, 0) is 32.5 Å². The highest BCUT2D eigenvalue weighted by atomic mass is 16.5. The van der Waals surface area contributed by atoms with Crippen LogP contribution in [0.5, 0.6) is 0 Å². The highest BCUT2D eigenvalue weighted by Gasteiger charge is 2.18. The van der Waals surface area contributed by atoms with Crippen LogP contribution in [0, 0.1) is 12.8 Å². The largest absolute Gasteiger partial charge is 0.469 e. The van der Waals surface area contributed by atoms with Gasteiger partial charge in [-0.15, -0.1) is 0 Å². The fourth-order valence-electron chi connectivity index (χ4n) is 1.93. The lowest BCUT2D eigenvalue weighted by Crippen LogP contribution is -2.32. The molecule has 1 atom stereocenters. The first-order valence-electron chi connectivity index (χ1n) is 6.38. The van der Waals surface area contributed by atoms with E-state index in [1.165, 1.54) is 7.11 Å². The number of esters is 1. The Balaban J connectivity index is 2.36. The van der Waals surface area contributed by atoms with E-state index in [1.54, 1.807) is 0 Å². The zero-order valence-corrected chi connectivity index (χ0v) is 11.7. The smallest absolute Gasteiger partial charge is 0.309 e. The third-order valence-corrected chi connectivity index (χ3v) is 3.10. The van der Waals surface area contributed by atoms with Crippen LogP contribution in [0.25, 0.3) is 0 Å². The maximum Gasteiger partial charge on any atom is 0.309 e. The zero-order valence-electron chi connectivity index (χ0n) is 11.7. The Kier molecular flexibility index (Phi) is 5.92. The number of hydrogen-bond acceptors (Lipinski definition) is 4. The number of hydrogen-bond donors (Lipinski definition) is 0. The van der Waals surface area contributed by atoms with Crippen LogP contribution in [-0.4, -0.2) is 38.1 Å². The second-order valence-corrected chi connectivity index (χ2v) is 4.65. The van der Waals surface area contributed by atoms with Crippen molar-refractivity contribution < 1.29 is 13.9 Å². The van der Waals surface area contributed by atoms with E-state index in [0.717, 1.165) is 37.5 Å². The lowest BCUT2D eigenvalue weighted by molar-refractivity contribution is -0.146. The van der Waals surface area contributed by atoms with Crippen LogP contribution in [0.4, 0.5) is 0 Å². The van der Waals surface area contributed by atoms with Gasteiger partial charge in [-0.25, -0.2) is 0 Å². The quantitative estimate of drug-likeness (QED) is 0.699. The fourth-order valence-corrected chi connectivity index (χ4v) is 1.93. The number of ether oxygens (including phenoxy) is 1. The standard InChI is InChI=1S/C14H23NO3/c1-5-12(14(16)17-4)10-15(3)9-8-13-7-6-11(2)18-13/h6-7,12H,5,8-10H2,1-4H3. The van der Waals surface area contributed by atoms with E-state index in [1.807, 2.05) is 33.0 Å². The summed E-state index contributed by atoms with van der Waals surface area (Å²) in [6, 6.07) is 3.97. The summed E-state index contributed by atoms with van der Waals surface area (Å²) in [5.74, 6) is 1.76. The van der Waals surface area contributed by atoms with Crippen molar-refractivity contribution in [2.24, 2.45) is 5.92 Å². The van der Waals surface area contributed by atoms with Crippen molar-refractivity contribution in [3.05, 3.63) is 23.7 Å². The van der Waals surface area contributed by atoms with Gasteiger partial charge >= 0.3 is 5.97 Å². The molecule has 102 valence electrons. The Morgan fingerprint density at radius 2 is 2.22 bits per heavy atom. The van der Waals surface area contributed by atoms with E-state index in [4.69, 9.17) is 9.15 Å². The van der Waals surface area contributed by atoms with Gasteiger partial charge < -0.3 is 14.1 Å². The van der Waals surface area contributed by atoms with Gasteiger partial charge in [0.15, 0.2) is 0 Å². The lowest BCUT2D eigenvalue weighted by Gasteiger charge is -2.21. The van der Waals surface area contributed by atoms with Gasteiger partial charge in [-0.2, -0.15) is 0 Å². The summed E-state index contributed by atoms with van der Waals surface area (Å²) in [6.45, 7) is 5.55. The van der Waals surface area contributed by atoms with E-state index in [-0.39, 0.29) is 11.9 Å². The number of likely N-dealkylation sites (N-methyl/N-ethyl adjacent to an activating group) is 1. The molecule has 1 aromatic rings. The summed E-state index contributed by atoms with van der Waals surface area (Å²) < 4.78 is 10.3. The van der Waals surface area contributed by atoms with Crippen molar-refractivity contribution >= 4 is 5.97 Å². The van der Waals surface area contributed by atoms with Gasteiger partial charge in [0.1, 0.15) is 11.5 Å². The highest BCUT2D eigenvalue weighted by molar-refractivity contribution is 5.72. The molecule has 1 heterocycles. The molecular formula is C14H23NO3. The Bertz CT molecular complexity index is 373. The van der Waals surface area contributed by atoms with Crippen LogP contribution < -0.4 is 0 Å². The van der Waals surface area contributed by atoms with Gasteiger partial charge in [0, 0.05) is 19.5 Å². The molecule has 0 saturated heterocycles. The number of rotatable bonds is 7. The van der Waals surface area contributed by atoms with Crippen LogP contribution in [0.2, 0.25) is 0 Å². The third kappa shape index (κ3) is 4.53. The van der Waals surface area contributed by atoms with E-state index in [9.17, 15) is 4.79 Å². The van der Waals surface area contributed by atoms with Gasteiger partial charge in [-0.1, -0.05) is 6.92 Å². The van der Waals surface area contributed by atoms with Crippen LogP contribution in [-0.2, 0) is 16.0 Å². The summed E-state index contributed by atoms with van der Waals surface area (Å²) in [4.78, 5) is 13.6. The SMILES string of the molecule is CCC(CN(C)CCc1ccc(C)o1)C(=O)OC. The maximum atomic E-state index is 11.5. The van der Waals surface area contributed by atoms with Crippen LogP contribution >= 0.6 is 0 Å². The minimum Gasteiger partial charge on any atom is -0.469 e. The molecular weight excluding hydrogens is 230 g/mol. The first-order valence-corrected chi connectivity index (χ1v) is 6.38. The molecule has 0 N–H and O–H groups in total.